The largest absolute Gasteiger partial charge is 0.356 e. The number of benzene rings is 1. The van der Waals surface area contributed by atoms with Crippen molar-refractivity contribution in [3.05, 3.63) is 36.5 Å². The van der Waals surface area contributed by atoms with Gasteiger partial charge in [-0.15, -0.1) is 11.8 Å². The van der Waals surface area contributed by atoms with Crippen molar-refractivity contribution >= 4 is 28.6 Å². The number of para-hydroxylation sites is 1. The molecule has 0 bridgehead atoms. The summed E-state index contributed by atoms with van der Waals surface area (Å²) < 4.78 is 0. The SMILES string of the molecule is CC(=O)NCCCSc1ccnc2ccccc12. The van der Waals surface area contributed by atoms with Gasteiger partial charge in [-0.1, -0.05) is 18.2 Å². The number of carbonyl (C=O) groups excluding carboxylic acids is 1. The minimum Gasteiger partial charge on any atom is -0.356 e. The highest BCUT2D eigenvalue weighted by molar-refractivity contribution is 7.99. The quantitative estimate of drug-likeness (QED) is 0.664. The number of fused-ring (bicyclic) bond motifs is 1. The Balaban J connectivity index is 1.93. The Hall–Kier alpha value is -1.55. The summed E-state index contributed by atoms with van der Waals surface area (Å²) in [7, 11) is 0. The summed E-state index contributed by atoms with van der Waals surface area (Å²) in [6.07, 6.45) is 2.82. The van der Waals surface area contributed by atoms with Crippen molar-refractivity contribution < 1.29 is 4.79 Å². The molecule has 94 valence electrons. The van der Waals surface area contributed by atoms with Gasteiger partial charge in [-0.3, -0.25) is 9.78 Å². The number of amides is 1. The molecule has 3 nitrogen and oxygen atoms in total. The number of aromatic nitrogens is 1. The fraction of sp³-hybridized carbons (Fsp3) is 0.286. The van der Waals surface area contributed by atoms with E-state index in [0.29, 0.717) is 0 Å². The number of rotatable bonds is 5. The second-order valence-electron chi connectivity index (χ2n) is 4.01. The van der Waals surface area contributed by atoms with Crippen LogP contribution in [0.25, 0.3) is 10.9 Å². The monoisotopic (exact) mass is 260 g/mol. The van der Waals surface area contributed by atoms with Crippen molar-refractivity contribution in [2.45, 2.75) is 18.2 Å². The van der Waals surface area contributed by atoms with E-state index in [0.717, 1.165) is 24.2 Å². The summed E-state index contributed by atoms with van der Waals surface area (Å²) in [5, 5.41) is 4.00. The minimum absolute atomic E-state index is 0.0364. The van der Waals surface area contributed by atoms with Crippen LogP contribution in [0.2, 0.25) is 0 Å². The Morgan fingerprint density at radius 3 is 3.00 bits per heavy atom. The first-order chi connectivity index (χ1) is 8.77. The maximum absolute atomic E-state index is 10.7. The zero-order valence-corrected chi connectivity index (χ0v) is 11.2. The standard InChI is InChI=1S/C14H16N2OS/c1-11(17)15-8-4-10-18-14-7-9-16-13-6-3-2-5-12(13)14/h2-3,5-7,9H,4,8,10H2,1H3,(H,15,17). The van der Waals surface area contributed by atoms with Crippen LogP contribution in [-0.4, -0.2) is 23.2 Å². The molecule has 0 saturated carbocycles. The lowest BCUT2D eigenvalue weighted by molar-refractivity contribution is -0.118. The summed E-state index contributed by atoms with van der Waals surface area (Å²) in [4.78, 5) is 16.3. The van der Waals surface area contributed by atoms with E-state index in [1.54, 1.807) is 6.92 Å². The van der Waals surface area contributed by atoms with Crippen LogP contribution in [-0.2, 0) is 4.79 Å². The van der Waals surface area contributed by atoms with Crippen molar-refractivity contribution in [2.75, 3.05) is 12.3 Å². The third kappa shape index (κ3) is 3.47. The maximum Gasteiger partial charge on any atom is 0.216 e. The molecule has 1 heterocycles. The topological polar surface area (TPSA) is 42.0 Å². The van der Waals surface area contributed by atoms with Crippen LogP contribution in [0.1, 0.15) is 13.3 Å². The molecule has 0 spiro atoms. The van der Waals surface area contributed by atoms with Crippen LogP contribution in [0, 0.1) is 0 Å². The van der Waals surface area contributed by atoms with Crippen molar-refractivity contribution in [3.63, 3.8) is 0 Å². The van der Waals surface area contributed by atoms with Crippen LogP contribution in [0.15, 0.2) is 41.4 Å². The van der Waals surface area contributed by atoms with E-state index in [9.17, 15) is 4.79 Å². The summed E-state index contributed by atoms with van der Waals surface area (Å²) in [5.41, 5.74) is 1.03. The molecule has 4 heteroatoms. The van der Waals surface area contributed by atoms with E-state index < -0.39 is 0 Å². The molecule has 1 aromatic carbocycles. The average molecular weight is 260 g/mol. The fourth-order valence-electron chi connectivity index (χ4n) is 1.71. The number of nitrogens with one attached hydrogen (secondary N) is 1. The van der Waals surface area contributed by atoms with Crippen LogP contribution >= 0.6 is 11.8 Å². The summed E-state index contributed by atoms with van der Waals surface area (Å²) in [6, 6.07) is 10.2. The van der Waals surface area contributed by atoms with Gasteiger partial charge in [-0.25, -0.2) is 0 Å². The van der Waals surface area contributed by atoms with Crippen molar-refractivity contribution in [1.82, 2.24) is 10.3 Å². The highest BCUT2D eigenvalue weighted by atomic mass is 32.2. The second kappa shape index (κ2) is 6.40. The fourth-order valence-corrected chi connectivity index (χ4v) is 2.71. The van der Waals surface area contributed by atoms with E-state index in [1.807, 2.05) is 42.2 Å². The molecule has 18 heavy (non-hydrogen) atoms. The molecule has 1 N–H and O–H groups in total. The lowest BCUT2D eigenvalue weighted by Crippen LogP contribution is -2.21. The molecule has 0 aliphatic carbocycles. The number of carbonyl (C=O) groups is 1. The van der Waals surface area contributed by atoms with E-state index in [2.05, 4.69) is 16.4 Å². The first kappa shape index (κ1) is 12.9. The minimum atomic E-state index is 0.0364. The van der Waals surface area contributed by atoms with Crippen LogP contribution in [0.4, 0.5) is 0 Å². The van der Waals surface area contributed by atoms with Crippen LogP contribution in [0.5, 0.6) is 0 Å². The molecule has 0 fully saturated rings. The molecule has 0 aliphatic rings. The molecule has 0 aliphatic heterocycles. The van der Waals surface area contributed by atoms with Gasteiger partial charge >= 0.3 is 0 Å². The van der Waals surface area contributed by atoms with E-state index in [-0.39, 0.29) is 5.91 Å². The lowest BCUT2D eigenvalue weighted by Gasteiger charge is -2.05. The van der Waals surface area contributed by atoms with Gasteiger partial charge < -0.3 is 5.32 Å². The van der Waals surface area contributed by atoms with E-state index in [4.69, 9.17) is 0 Å². The highest BCUT2D eigenvalue weighted by Crippen LogP contribution is 2.26. The van der Waals surface area contributed by atoms with E-state index in [1.165, 1.54) is 10.3 Å². The molecule has 0 unspecified atom stereocenters. The molecule has 0 saturated heterocycles. The van der Waals surface area contributed by atoms with Gasteiger partial charge in [0.1, 0.15) is 0 Å². The van der Waals surface area contributed by atoms with Crippen LogP contribution < -0.4 is 5.32 Å². The Morgan fingerprint density at radius 2 is 2.17 bits per heavy atom. The Bertz CT molecular complexity index is 537. The summed E-state index contributed by atoms with van der Waals surface area (Å²) >= 11 is 1.81. The molecule has 1 aromatic heterocycles. The van der Waals surface area contributed by atoms with Gasteiger partial charge in [0.15, 0.2) is 0 Å². The first-order valence-corrected chi connectivity index (χ1v) is 6.97. The lowest BCUT2D eigenvalue weighted by atomic mass is 10.2. The number of thioether (sulfide) groups is 1. The number of hydrogen-bond acceptors (Lipinski definition) is 3. The average Bonchev–Trinajstić information content (AvgIpc) is 2.38. The molecule has 2 rings (SSSR count). The Morgan fingerprint density at radius 1 is 1.33 bits per heavy atom. The van der Waals surface area contributed by atoms with E-state index >= 15 is 0 Å². The molecule has 2 aromatic rings. The van der Waals surface area contributed by atoms with Gasteiger partial charge in [-0.05, 0) is 24.3 Å². The van der Waals surface area contributed by atoms with Crippen molar-refractivity contribution in [2.24, 2.45) is 0 Å². The second-order valence-corrected chi connectivity index (χ2v) is 5.15. The van der Waals surface area contributed by atoms with Crippen molar-refractivity contribution in [3.8, 4) is 0 Å². The Kier molecular flexibility index (Phi) is 4.59. The van der Waals surface area contributed by atoms with Gasteiger partial charge in [0, 0.05) is 29.9 Å². The molecule has 0 atom stereocenters. The van der Waals surface area contributed by atoms with Gasteiger partial charge in [0.25, 0.3) is 0 Å². The zero-order valence-electron chi connectivity index (χ0n) is 10.3. The molecule has 1 amide bonds. The molecule has 0 radical (unpaired) electrons. The predicted molar refractivity (Wildman–Crippen MR) is 75.8 cm³/mol. The highest BCUT2D eigenvalue weighted by Gasteiger charge is 2.01. The first-order valence-electron chi connectivity index (χ1n) is 5.98. The summed E-state index contributed by atoms with van der Waals surface area (Å²) in [5.74, 6) is 1.03. The number of nitrogens with zero attached hydrogens (tertiary/aromatic N) is 1. The molecular weight excluding hydrogens is 244 g/mol. The Labute approximate surface area is 111 Å². The van der Waals surface area contributed by atoms with Crippen LogP contribution in [0.3, 0.4) is 0 Å². The maximum atomic E-state index is 10.7. The number of hydrogen-bond donors (Lipinski definition) is 1. The third-order valence-corrected chi connectivity index (χ3v) is 3.72. The zero-order chi connectivity index (χ0) is 12.8. The molecular formula is C14H16N2OS. The van der Waals surface area contributed by atoms with Gasteiger partial charge in [-0.2, -0.15) is 0 Å². The normalized spacial score (nSPS) is 10.5. The summed E-state index contributed by atoms with van der Waals surface area (Å²) in [6.45, 7) is 2.29. The van der Waals surface area contributed by atoms with Crippen molar-refractivity contribution in [1.29, 1.82) is 0 Å². The van der Waals surface area contributed by atoms with Gasteiger partial charge in [0.05, 0.1) is 5.52 Å². The predicted octanol–water partition coefficient (Wildman–Crippen LogP) is 2.85. The number of pyridine rings is 1. The van der Waals surface area contributed by atoms with Gasteiger partial charge in [0.2, 0.25) is 5.91 Å². The smallest absolute Gasteiger partial charge is 0.216 e. The third-order valence-electron chi connectivity index (χ3n) is 2.56.